The van der Waals surface area contributed by atoms with Crippen LogP contribution < -0.4 is 0 Å². The van der Waals surface area contributed by atoms with Gasteiger partial charge in [-0.2, -0.15) is 0 Å². The van der Waals surface area contributed by atoms with Gasteiger partial charge in [0.05, 0.1) is 0 Å². The first-order chi connectivity index (χ1) is 7.77. The van der Waals surface area contributed by atoms with Crippen molar-refractivity contribution < 1.29 is 4.79 Å². The van der Waals surface area contributed by atoms with Crippen LogP contribution in [-0.4, -0.2) is 35.3 Å². The Morgan fingerprint density at radius 1 is 0.706 bits per heavy atom. The second kappa shape index (κ2) is 16.7. The maximum atomic E-state index is 10.7. The third-order valence-corrected chi connectivity index (χ3v) is 3.13. The topological polar surface area (TPSA) is 17.1 Å². The molecule has 0 bridgehead atoms. The molecule has 0 aliphatic rings. The minimum absolute atomic E-state index is 0. The van der Waals surface area contributed by atoms with Crippen LogP contribution in [0, 0.1) is 0 Å². The number of carbonyl (C=O) groups excluding carboxylic acids is 1. The molecule has 0 N–H and O–H groups in total. The van der Waals surface area contributed by atoms with E-state index in [0.717, 1.165) is 12.8 Å². The van der Waals surface area contributed by atoms with Crippen LogP contribution in [0.4, 0.5) is 0 Å². The van der Waals surface area contributed by atoms with Gasteiger partial charge in [0.25, 0.3) is 0 Å². The van der Waals surface area contributed by atoms with Crippen molar-refractivity contribution in [2.45, 2.75) is 90.9 Å². The van der Waals surface area contributed by atoms with E-state index in [-0.39, 0.29) is 29.6 Å². The number of hydrogen-bond acceptors (Lipinski definition) is 1. The second-order valence-electron chi connectivity index (χ2n) is 4.99. The number of Topliss-reactive ketones (excluding diaryl/α,β-unsaturated/α-hetero) is 1. The Morgan fingerprint density at radius 3 is 1.41 bits per heavy atom. The molecule has 0 aliphatic heterocycles. The molecular weight excluding hydrogens is 219 g/mol. The SMILES string of the molecule is CCCCCCCCCCCCCC(C)=O.[NaH]. The van der Waals surface area contributed by atoms with Crippen LogP contribution in [0.15, 0.2) is 0 Å². The predicted molar refractivity (Wildman–Crippen MR) is 78.9 cm³/mol. The monoisotopic (exact) mass is 250 g/mol. The molecule has 0 fully saturated rings. The van der Waals surface area contributed by atoms with E-state index in [4.69, 9.17) is 0 Å². The molecule has 0 unspecified atom stereocenters. The average Bonchev–Trinajstić information content (AvgIpc) is 2.25. The van der Waals surface area contributed by atoms with Gasteiger partial charge in [0, 0.05) is 6.42 Å². The van der Waals surface area contributed by atoms with Gasteiger partial charge in [-0.15, -0.1) is 0 Å². The fourth-order valence-electron chi connectivity index (χ4n) is 2.04. The number of carbonyl (C=O) groups is 1. The van der Waals surface area contributed by atoms with E-state index in [0.29, 0.717) is 5.78 Å². The van der Waals surface area contributed by atoms with E-state index in [9.17, 15) is 4.79 Å². The Bertz CT molecular complexity index is 157. The van der Waals surface area contributed by atoms with Crippen LogP contribution in [0.1, 0.15) is 90.9 Å². The Kier molecular flexibility index (Phi) is 19.6. The van der Waals surface area contributed by atoms with Crippen LogP contribution in [0.25, 0.3) is 0 Å². The van der Waals surface area contributed by atoms with Gasteiger partial charge >= 0.3 is 29.6 Å². The summed E-state index contributed by atoms with van der Waals surface area (Å²) < 4.78 is 0. The maximum absolute atomic E-state index is 10.7. The summed E-state index contributed by atoms with van der Waals surface area (Å²) >= 11 is 0. The van der Waals surface area contributed by atoms with Gasteiger partial charge in [-0.3, -0.25) is 0 Å². The third kappa shape index (κ3) is 19.2. The molecule has 0 radical (unpaired) electrons. The molecule has 0 spiro atoms. The van der Waals surface area contributed by atoms with E-state index < -0.39 is 0 Å². The standard InChI is InChI=1S/C15H30O.Na.H/c1-3-4-5-6-7-8-9-10-11-12-13-14-15(2)16;;/h3-14H2,1-2H3;;. The second-order valence-corrected chi connectivity index (χ2v) is 4.99. The Morgan fingerprint density at radius 2 is 1.06 bits per heavy atom. The first-order valence-corrected chi connectivity index (χ1v) is 7.26. The van der Waals surface area contributed by atoms with Crippen LogP contribution >= 0.6 is 0 Å². The molecule has 0 rings (SSSR count). The molecule has 17 heavy (non-hydrogen) atoms. The number of ketones is 1. The van der Waals surface area contributed by atoms with Crippen molar-refractivity contribution in [3.8, 4) is 0 Å². The van der Waals surface area contributed by atoms with Crippen molar-refractivity contribution in [2.75, 3.05) is 0 Å². The molecule has 0 heterocycles. The molecule has 0 saturated heterocycles. The summed E-state index contributed by atoms with van der Waals surface area (Å²) in [6.07, 6.45) is 15.7. The van der Waals surface area contributed by atoms with Gasteiger partial charge in [0.15, 0.2) is 0 Å². The van der Waals surface area contributed by atoms with Gasteiger partial charge in [-0.25, -0.2) is 0 Å². The first-order valence-electron chi connectivity index (χ1n) is 7.26. The fraction of sp³-hybridized carbons (Fsp3) is 0.933. The summed E-state index contributed by atoms with van der Waals surface area (Å²) in [5.41, 5.74) is 0. The van der Waals surface area contributed by atoms with Crippen molar-refractivity contribution in [3.05, 3.63) is 0 Å². The first kappa shape index (κ1) is 20.0. The summed E-state index contributed by atoms with van der Waals surface area (Å²) in [6, 6.07) is 0. The van der Waals surface area contributed by atoms with Crippen LogP contribution in [0.2, 0.25) is 0 Å². The predicted octanol–water partition coefficient (Wildman–Crippen LogP) is 4.63. The summed E-state index contributed by atoms with van der Waals surface area (Å²) in [4.78, 5) is 10.7. The van der Waals surface area contributed by atoms with Crippen molar-refractivity contribution in [1.29, 1.82) is 0 Å². The number of unbranched alkanes of at least 4 members (excludes halogenated alkanes) is 10. The molecule has 0 aromatic carbocycles. The normalized spacial score (nSPS) is 10.0. The van der Waals surface area contributed by atoms with E-state index in [1.807, 2.05) is 0 Å². The van der Waals surface area contributed by atoms with Gasteiger partial charge in [-0.05, 0) is 13.3 Å². The summed E-state index contributed by atoms with van der Waals surface area (Å²) in [5, 5.41) is 0. The van der Waals surface area contributed by atoms with E-state index in [1.165, 1.54) is 64.2 Å². The average molecular weight is 250 g/mol. The molecule has 0 aliphatic carbocycles. The minimum atomic E-state index is 0. The van der Waals surface area contributed by atoms with Crippen molar-refractivity contribution in [2.24, 2.45) is 0 Å². The molecule has 1 nitrogen and oxygen atoms in total. The molecule has 0 saturated carbocycles. The molecule has 0 aromatic heterocycles. The number of hydrogen-bond donors (Lipinski definition) is 0. The fourth-order valence-corrected chi connectivity index (χ4v) is 2.04. The summed E-state index contributed by atoms with van der Waals surface area (Å²) in [6.45, 7) is 3.96. The van der Waals surface area contributed by atoms with Gasteiger partial charge < -0.3 is 4.79 Å². The zero-order valence-corrected chi connectivity index (χ0v) is 11.4. The summed E-state index contributed by atoms with van der Waals surface area (Å²) in [7, 11) is 0. The van der Waals surface area contributed by atoms with E-state index in [2.05, 4.69) is 6.92 Å². The Balaban J connectivity index is 0. The molecule has 0 amide bonds. The Labute approximate surface area is 130 Å². The molecule has 0 atom stereocenters. The van der Waals surface area contributed by atoms with Crippen LogP contribution in [0.3, 0.4) is 0 Å². The van der Waals surface area contributed by atoms with Gasteiger partial charge in [0.2, 0.25) is 0 Å². The van der Waals surface area contributed by atoms with Gasteiger partial charge in [-0.1, -0.05) is 71.1 Å². The quantitative estimate of drug-likeness (QED) is 0.364. The van der Waals surface area contributed by atoms with E-state index >= 15 is 0 Å². The van der Waals surface area contributed by atoms with Crippen LogP contribution in [-0.2, 0) is 4.79 Å². The van der Waals surface area contributed by atoms with Crippen molar-refractivity contribution >= 4 is 35.3 Å². The van der Waals surface area contributed by atoms with Crippen molar-refractivity contribution in [3.63, 3.8) is 0 Å². The van der Waals surface area contributed by atoms with E-state index in [1.54, 1.807) is 6.92 Å². The van der Waals surface area contributed by atoms with Crippen molar-refractivity contribution in [1.82, 2.24) is 0 Å². The molecule has 2 heteroatoms. The zero-order chi connectivity index (χ0) is 12.1. The van der Waals surface area contributed by atoms with Gasteiger partial charge in [0.1, 0.15) is 5.78 Å². The number of rotatable bonds is 12. The summed E-state index contributed by atoms with van der Waals surface area (Å²) in [5.74, 6) is 0.343. The molecule has 0 aromatic rings. The third-order valence-electron chi connectivity index (χ3n) is 3.13. The zero-order valence-electron chi connectivity index (χ0n) is 11.4. The molecular formula is C15H31NaO. The Hall–Kier alpha value is 0.670. The molecule has 98 valence electrons. The van der Waals surface area contributed by atoms with Crippen LogP contribution in [0.5, 0.6) is 0 Å².